The number of amides is 3. The van der Waals surface area contributed by atoms with Crippen LogP contribution in [-0.4, -0.2) is 56.1 Å². The largest absolute Gasteiger partial charge is 0.382 e. The van der Waals surface area contributed by atoms with Gasteiger partial charge in [0.2, 0.25) is 0 Å². The third-order valence-corrected chi connectivity index (χ3v) is 3.25. The quantitative estimate of drug-likeness (QED) is 0.558. The Bertz CT molecular complexity index is 459. The molecule has 106 valence electrons. The Morgan fingerprint density at radius 3 is 2.47 bits per heavy atom. The summed E-state index contributed by atoms with van der Waals surface area (Å²) in [5.74, 6) is -0.0974. The number of carbonyl (C=O) groups is 2. The summed E-state index contributed by atoms with van der Waals surface area (Å²) in [6.45, 7) is 0.672. The van der Waals surface area contributed by atoms with Gasteiger partial charge in [-0.2, -0.15) is 0 Å². The number of nitrogen functional groups attached to an aromatic ring is 1. The average Bonchev–Trinajstić information content (AvgIpc) is 2.75. The highest BCUT2D eigenvalue weighted by atomic mass is 32.1. The summed E-state index contributed by atoms with van der Waals surface area (Å²) in [5, 5.41) is 8.71. The summed E-state index contributed by atoms with van der Waals surface area (Å²) in [5.41, 5.74) is 5.63. The van der Waals surface area contributed by atoms with Crippen molar-refractivity contribution in [3.05, 3.63) is 4.88 Å². The number of nitrogens with zero attached hydrogens (tertiary/aromatic N) is 2. The van der Waals surface area contributed by atoms with Crippen LogP contribution in [0.5, 0.6) is 0 Å². The molecule has 0 saturated carbocycles. The van der Waals surface area contributed by atoms with Crippen LogP contribution >= 0.6 is 11.3 Å². The first-order valence-electron chi connectivity index (χ1n) is 5.63. The topological polar surface area (TPSA) is 112 Å². The van der Waals surface area contributed by atoms with Crippen LogP contribution in [0.15, 0.2) is 0 Å². The Morgan fingerprint density at radius 1 is 1.32 bits per heavy atom. The van der Waals surface area contributed by atoms with Crippen molar-refractivity contribution in [3.8, 4) is 0 Å². The van der Waals surface area contributed by atoms with Gasteiger partial charge in [-0.05, 0) is 0 Å². The van der Waals surface area contributed by atoms with Crippen molar-refractivity contribution in [1.29, 1.82) is 0 Å². The third-order valence-electron chi connectivity index (χ3n) is 2.17. The van der Waals surface area contributed by atoms with E-state index in [1.165, 1.54) is 16.2 Å². The molecule has 1 aromatic rings. The third kappa shape index (κ3) is 4.28. The molecule has 3 amide bonds. The van der Waals surface area contributed by atoms with Crippen LogP contribution in [0.4, 0.5) is 15.7 Å². The number of urea groups is 1. The van der Waals surface area contributed by atoms with Crippen molar-refractivity contribution in [2.45, 2.75) is 0 Å². The molecule has 0 aromatic carbocycles. The lowest BCUT2D eigenvalue weighted by atomic mass is 10.4. The van der Waals surface area contributed by atoms with E-state index in [9.17, 15) is 9.59 Å². The number of rotatable bonds is 5. The van der Waals surface area contributed by atoms with E-state index in [2.05, 4.69) is 20.9 Å². The van der Waals surface area contributed by atoms with Gasteiger partial charge in [-0.1, -0.05) is 11.3 Å². The summed E-state index contributed by atoms with van der Waals surface area (Å²) in [6, 6.07) is -0.205. The average molecular weight is 286 g/mol. The monoisotopic (exact) mass is 286 g/mol. The highest BCUT2D eigenvalue weighted by molar-refractivity contribution is 7.18. The van der Waals surface area contributed by atoms with E-state index >= 15 is 0 Å². The molecule has 0 saturated heterocycles. The van der Waals surface area contributed by atoms with Gasteiger partial charge in [-0.15, -0.1) is 0 Å². The van der Waals surface area contributed by atoms with Crippen molar-refractivity contribution in [2.24, 2.45) is 0 Å². The molecule has 19 heavy (non-hydrogen) atoms. The minimum atomic E-state index is -0.296. The summed E-state index contributed by atoms with van der Waals surface area (Å²) in [6.07, 6.45) is 0. The predicted molar refractivity (Wildman–Crippen MR) is 75.5 cm³/mol. The molecular weight excluding hydrogens is 268 g/mol. The second-order valence-corrected chi connectivity index (χ2v) is 4.86. The Morgan fingerprint density at radius 2 is 1.95 bits per heavy atom. The van der Waals surface area contributed by atoms with Gasteiger partial charge in [-0.3, -0.25) is 4.79 Å². The van der Waals surface area contributed by atoms with Gasteiger partial charge in [0.25, 0.3) is 5.91 Å². The number of nitrogens with two attached hydrogens (primary N) is 1. The number of hydrogen-bond donors (Lipinski definition) is 4. The van der Waals surface area contributed by atoms with Crippen LogP contribution in [0.2, 0.25) is 0 Å². The highest BCUT2D eigenvalue weighted by Gasteiger charge is 2.15. The molecule has 1 rings (SSSR count). The zero-order chi connectivity index (χ0) is 14.4. The fourth-order valence-corrected chi connectivity index (χ4v) is 1.94. The molecule has 0 aliphatic carbocycles. The lowest BCUT2D eigenvalue weighted by Gasteiger charge is -2.11. The molecule has 1 aromatic heterocycles. The SMILES string of the molecule is CNc1nc(N)c(C(=O)NCCNC(=O)N(C)C)s1. The minimum absolute atomic E-state index is 0.198. The maximum atomic E-state index is 11.8. The Balaban J connectivity index is 2.39. The summed E-state index contributed by atoms with van der Waals surface area (Å²) >= 11 is 1.18. The van der Waals surface area contributed by atoms with E-state index in [1.807, 2.05) is 0 Å². The Hall–Kier alpha value is -2.03. The Labute approximate surface area is 115 Å². The molecule has 1 heterocycles. The lowest BCUT2D eigenvalue weighted by molar-refractivity contribution is 0.0958. The van der Waals surface area contributed by atoms with Gasteiger partial charge in [-0.25, -0.2) is 9.78 Å². The summed E-state index contributed by atoms with van der Waals surface area (Å²) in [4.78, 5) is 28.8. The number of hydrogen-bond acceptors (Lipinski definition) is 6. The van der Waals surface area contributed by atoms with Gasteiger partial charge >= 0.3 is 6.03 Å². The van der Waals surface area contributed by atoms with Crippen LogP contribution in [0.1, 0.15) is 9.67 Å². The van der Waals surface area contributed by atoms with Crippen LogP contribution < -0.4 is 21.7 Å². The molecule has 0 fully saturated rings. The number of aromatic nitrogens is 1. The summed E-state index contributed by atoms with van der Waals surface area (Å²) < 4.78 is 0. The van der Waals surface area contributed by atoms with Crippen LogP contribution in [-0.2, 0) is 0 Å². The number of anilines is 2. The van der Waals surface area contributed by atoms with Crippen LogP contribution in [0.3, 0.4) is 0 Å². The van der Waals surface area contributed by atoms with Crippen LogP contribution in [0.25, 0.3) is 0 Å². The van der Waals surface area contributed by atoms with Crippen molar-refractivity contribution >= 4 is 34.2 Å². The van der Waals surface area contributed by atoms with Gasteiger partial charge in [0.05, 0.1) is 0 Å². The maximum Gasteiger partial charge on any atom is 0.316 e. The second-order valence-electron chi connectivity index (χ2n) is 3.87. The molecule has 0 unspecified atom stereocenters. The number of thiazole rings is 1. The van der Waals surface area contributed by atoms with Gasteiger partial charge in [0, 0.05) is 34.2 Å². The van der Waals surface area contributed by atoms with Gasteiger partial charge < -0.3 is 26.6 Å². The fraction of sp³-hybridized carbons (Fsp3) is 0.500. The number of carbonyl (C=O) groups excluding carboxylic acids is 2. The van der Waals surface area contributed by atoms with Crippen LogP contribution in [0, 0.1) is 0 Å². The smallest absolute Gasteiger partial charge is 0.316 e. The predicted octanol–water partition coefficient (Wildman–Crippen LogP) is -0.232. The van der Waals surface area contributed by atoms with E-state index < -0.39 is 0 Å². The number of nitrogens with one attached hydrogen (secondary N) is 3. The summed E-state index contributed by atoms with van der Waals surface area (Å²) in [7, 11) is 4.99. The Kier molecular flexibility index (Phi) is 5.37. The molecule has 0 atom stereocenters. The minimum Gasteiger partial charge on any atom is -0.382 e. The van der Waals surface area contributed by atoms with E-state index in [0.29, 0.717) is 23.1 Å². The van der Waals surface area contributed by atoms with Gasteiger partial charge in [0.15, 0.2) is 5.13 Å². The molecule has 0 aliphatic rings. The second kappa shape index (κ2) is 6.78. The first-order valence-corrected chi connectivity index (χ1v) is 6.44. The zero-order valence-corrected chi connectivity index (χ0v) is 11.9. The van der Waals surface area contributed by atoms with E-state index in [4.69, 9.17) is 5.73 Å². The zero-order valence-electron chi connectivity index (χ0n) is 11.1. The molecule has 0 radical (unpaired) electrons. The molecule has 0 bridgehead atoms. The molecule has 0 spiro atoms. The van der Waals surface area contributed by atoms with Crippen molar-refractivity contribution in [3.63, 3.8) is 0 Å². The van der Waals surface area contributed by atoms with Crippen molar-refractivity contribution in [1.82, 2.24) is 20.5 Å². The lowest BCUT2D eigenvalue weighted by Crippen LogP contribution is -2.39. The normalized spacial score (nSPS) is 9.84. The fourth-order valence-electron chi connectivity index (χ4n) is 1.19. The molecule has 8 nitrogen and oxygen atoms in total. The maximum absolute atomic E-state index is 11.8. The standard InChI is InChI=1S/C10H18N6O2S/c1-12-9-15-7(11)6(19-9)8(17)13-4-5-14-10(18)16(2)3/h4-5,11H2,1-3H3,(H,12,15)(H,13,17)(H,14,18). The highest BCUT2D eigenvalue weighted by Crippen LogP contribution is 2.23. The first kappa shape index (κ1) is 15.0. The van der Waals surface area contributed by atoms with E-state index in [-0.39, 0.29) is 17.8 Å². The van der Waals surface area contributed by atoms with E-state index in [0.717, 1.165) is 0 Å². The molecule has 9 heteroatoms. The van der Waals surface area contributed by atoms with Crippen molar-refractivity contribution < 1.29 is 9.59 Å². The molecular formula is C10H18N6O2S. The van der Waals surface area contributed by atoms with Gasteiger partial charge in [0.1, 0.15) is 10.7 Å². The first-order chi connectivity index (χ1) is 8.95. The van der Waals surface area contributed by atoms with E-state index in [1.54, 1.807) is 21.1 Å². The van der Waals surface area contributed by atoms with Crippen molar-refractivity contribution in [2.75, 3.05) is 45.3 Å². The molecule has 5 N–H and O–H groups in total. The molecule has 0 aliphatic heterocycles.